The largest absolute Gasteiger partial charge is 0.478 e. The van der Waals surface area contributed by atoms with Gasteiger partial charge in [0.1, 0.15) is 0 Å². The van der Waals surface area contributed by atoms with E-state index in [-0.39, 0.29) is 22.3 Å². The van der Waals surface area contributed by atoms with E-state index in [1.165, 1.54) is 48.5 Å². The van der Waals surface area contributed by atoms with Crippen LogP contribution in [0.25, 0.3) is 0 Å². The van der Waals surface area contributed by atoms with Crippen LogP contribution in [0.3, 0.4) is 0 Å². The number of anilines is 2. The van der Waals surface area contributed by atoms with Gasteiger partial charge in [-0.2, -0.15) is 0 Å². The number of nitrogens with one attached hydrogen (secondary N) is 2. The second-order valence-electron chi connectivity index (χ2n) is 7.16. The smallest absolute Gasteiger partial charge is 0.335 e. The van der Waals surface area contributed by atoms with Crippen LogP contribution in [0.5, 0.6) is 0 Å². The highest BCUT2D eigenvalue weighted by Gasteiger charge is 2.14. The monoisotopic (exact) mass is 432 g/mol. The van der Waals surface area contributed by atoms with Crippen LogP contribution >= 0.6 is 0 Å². The van der Waals surface area contributed by atoms with Gasteiger partial charge in [-0.05, 0) is 73.5 Å². The number of aryl methyl sites for hydroxylation is 2. The van der Waals surface area contributed by atoms with Crippen molar-refractivity contribution in [3.8, 4) is 0 Å². The van der Waals surface area contributed by atoms with E-state index in [1.807, 2.05) is 0 Å². The van der Waals surface area contributed by atoms with Crippen LogP contribution in [-0.4, -0.2) is 34.0 Å². The number of carboxylic acid groups (broad SMARTS) is 2. The van der Waals surface area contributed by atoms with Crippen molar-refractivity contribution in [2.45, 2.75) is 13.8 Å². The second-order valence-corrected chi connectivity index (χ2v) is 7.16. The maximum Gasteiger partial charge on any atom is 0.335 e. The topological polar surface area (TPSA) is 133 Å². The fourth-order valence-corrected chi connectivity index (χ4v) is 2.94. The molecule has 0 bridgehead atoms. The van der Waals surface area contributed by atoms with Crippen molar-refractivity contribution >= 4 is 35.1 Å². The van der Waals surface area contributed by atoms with Crippen LogP contribution < -0.4 is 10.6 Å². The Morgan fingerprint density at radius 3 is 1.19 bits per heavy atom. The molecule has 0 saturated carbocycles. The number of benzene rings is 3. The van der Waals surface area contributed by atoms with Crippen LogP contribution in [0.1, 0.15) is 52.6 Å². The zero-order chi connectivity index (χ0) is 23.4. The summed E-state index contributed by atoms with van der Waals surface area (Å²) in [4.78, 5) is 47.4. The highest BCUT2D eigenvalue weighted by Crippen LogP contribution is 2.20. The summed E-state index contributed by atoms with van der Waals surface area (Å²) in [5.41, 5.74) is 2.85. The molecule has 162 valence electrons. The molecular weight excluding hydrogens is 412 g/mol. The maximum atomic E-state index is 12.6. The normalized spacial score (nSPS) is 10.3. The molecule has 0 aromatic heterocycles. The van der Waals surface area contributed by atoms with Gasteiger partial charge in [0.2, 0.25) is 0 Å². The molecule has 0 spiro atoms. The number of hydrogen-bond acceptors (Lipinski definition) is 4. The number of carboxylic acids is 2. The summed E-state index contributed by atoms with van der Waals surface area (Å²) in [6, 6.07) is 14.8. The van der Waals surface area contributed by atoms with Crippen molar-refractivity contribution in [2.24, 2.45) is 0 Å². The van der Waals surface area contributed by atoms with Gasteiger partial charge < -0.3 is 20.8 Å². The van der Waals surface area contributed by atoms with Gasteiger partial charge in [-0.3, -0.25) is 9.59 Å². The molecule has 2 amide bonds. The lowest BCUT2D eigenvalue weighted by Crippen LogP contribution is -2.15. The molecule has 0 radical (unpaired) electrons. The zero-order valence-electron chi connectivity index (χ0n) is 17.3. The third-order valence-electron chi connectivity index (χ3n) is 4.87. The molecule has 8 nitrogen and oxygen atoms in total. The Morgan fingerprint density at radius 1 is 0.562 bits per heavy atom. The molecule has 0 atom stereocenters. The fraction of sp³-hybridized carbons (Fsp3) is 0.0833. The predicted molar refractivity (Wildman–Crippen MR) is 119 cm³/mol. The lowest BCUT2D eigenvalue weighted by molar-refractivity contribution is 0.0686. The van der Waals surface area contributed by atoms with Gasteiger partial charge in [0, 0.05) is 22.5 Å². The highest BCUT2D eigenvalue weighted by atomic mass is 16.4. The SMILES string of the molecule is Cc1ccc(C(=O)O)cc1NC(=O)c1ccc(C(=O)Nc2cc(C(=O)O)ccc2C)cc1. The van der Waals surface area contributed by atoms with E-state index in [0.29, 0.717) is 22.5 Å². The third kappa shape index (κ3) is 4.99. The van der Waals surface area contributed by atoms with Crippen molar-refractivity contribution in [1.82, 2.24) is 0 Å². The van der Waals surface area contributed by atoms with Gasteiger partial charge in [0.15, 0.2) is 0 Å². The first-order chi connectivity index (χ1) is 15.2. The molecule has 32 heavy (non-hydrogen) atoms. The summed E-state index contributed by atoms with van der Waals surface area (Å²) in [6.07, 6.45) is 0. The number of carbonyl (C=O) groups excluding carboxylic acids is 2. The fourth-order valence-electron chi connectivity index (χ4n) is 2.94. The first-order valence-electron chi connectivity index (χ1n) is 9.56. The molecule has 0 aliphatic heterocycles. The molecule has 0 unspecified atom stereocenters. The Morgan fingerprint density at radius 2 is 0.875 bits per heavy atom. The first-order valence-corrected chi connectivity index (χ1v) is 9.56. The average molecular weight is 432 g/mol. The lowest BCUT2D eigenvalue weighted by atomic mass is 10.1. The van der Waals surface area contributed by atoms with Crippen molar-refractivity contribution in [3.63, 3.8) is 0 Å². The Balaban J connectivity index is 1.74. The van der Waals surface area contributed by atoms with E-state index < -0.39 is 23.8 Å². The minimum atomic E-state index is -1.10. The molecular formula is C24H20N2O6. The van der Waals surface area contributed by atoms with E-state index in [4.69, 9.17) is 10.2 Å². The Bertz CT molecular complexity index is 1140. The van der Waals surface area contributed by atoms with Gasteiger partial charge in [0.25, 0.3) is 11.8 Å². The number of amides is 2. The quantitative estimate of drug-likeness (QED) is 0.461. The zero-order valence-corrected chi connectivity index (χ0v) is 17.3. The number of rotatable bonds is 6. The minimum Gasteiger partial charge on any atom is -0.478 e. The lowest BCUT2D eigenvalue weighted by Gasteiger charge is -2.11. The number of hydrogen-bond donors (Lipinski definition) is 4. The van der Waals surface area contributed by atoms with Gasteiger partial charge in [-0.1, -0.05) is 12.1 Å². The van der Waals surface area contributed by atoms with Crippen molar-refractivity contribution in [3.05, 3.63) is 94.0 Å². The summed E-state index contributed by atoms with van der Waals surface area (Å²) in [5, 5.41) is 23.6. The standard InChI is InChI=1S/C24H20N2O6/c1-13-3-5-17(23(29)30)11-19(13)25-21(27)15-7-9-16(10-8-15)22(28)26-20-12-18(24(31)32)6-4-14(20)2/h3-12H,1-2H3,(H,25,27)(H,26,28)(H,29,30)(H,31,32). The van der Waals surface area contributed by atoms with Crippen LogP contribution in [0, 0.1) is 13.8 Å². The Kier molecular flexibility index (Phi) is 6.34. The molecule has 0 aliphatic rings. The Hall–Kier alpha value is -4.46. The van der Waals surface area contributed by atoms with Crippen molar-refractivity contribution in [1.29, 1.82) is 0 Å². The van der Waals surface area contributed by atoms with Gasteiger partial charge in [0.05, 0.1) is 11.1 Å². The minimum absolute atomic E-state index is 0.0557. The Labute approximate surface area is 183 Å². The van der Waals surface area contributed by atoms with Crippen LogP contribution in [0.15, 0.2) is 60.7 Å². The summed E-state index contributed by atoms with van der Waals surface area (Å²) in [6.45, 7) is 3.49. The molecule has 0 saturated heterocycles. The van der Waals surface area contributed by atoms with Gasteiger partial charge in [-0.15, -0.1) is 0 Å². The molecule has 3 rings (SSSR count). The summed E-state index contributed by atoms with van der Waals surface area (Å²) in [7, 11) is 0. The van der Waals surface area contributed by atoms with Crippen molar-refractivity contribution in [2.75, 3.05) is 10.6 Å². The van der Waals surface area contributed by atoms with Crippen LogP contribution in [0.4, 0.5) is 11.4 Å². The molecule has 0 aliphatic carbocycles. The number of carbonyl (C=O) groups is 4. The third-order valence-corrected chi connectivity index (χ3v) is 4.87. The van der Waals surface area contributed by atoms with E-state index in [0.717, 1.165) is 0 Å². The molecule has 8 heteroatoms. The second kappa shape index (κ2) is 9.13. The summed E-state index contributed by atoms with van der Waals surface area (Å²) in [5.74, 6) is -3.10. The van der Waals surface area contributed by atoms with E-state index in [2.05, 4.69) is 10.6 Å². The van der Waals surface area contributed by atoms with Gasteiger partial charge in [-0.25, -0.2) is 9.59 Å². The predicted octanol–water partition coefficient (Wildman–Crippen LogP) is 4.20. The summed E-state index contributed by atoms with van der Waals surface area (Å²) >= 11 is 0. The molecule has 4 N–H and O–H groups in total. The van der Waals surface area contributed by atoms with Gasteiger partial charge >= 0.3 is 11.9 Å². The van der Waals surface area contributed by atoms with Crippen molar-refractivity contribution < 1.29 is 29.4 Å². The van der Waals surface area contributed by atoms with Crippen LogP contribution in [0.2, 0.25) is 0 Å². The molecule has 3 aromatic rings. The maximum absolute atomic E-state index is 12.6. The number of aromatic carboxylic acids is 2. The first kappa shape index (κ1) is 22.2. The van der Waals surface area contributed by atoms with E-state index >= 15 is 0 Å². The summed E-state index contributed by atoms with van der Waals surface area (Å²) < 4.78 is 0. The molecule has 0 fully saturated rings. The average Bonchev–Trinajstić information content (AvgIpc) is 2.76. The van der Waals surface area contributed by atoms with Crippen LogP contribution in [-0.2, 0) is 0 Å². The van der Waals surface area contributed by atoms with E-state index in [1.54, 1.807) is 26.0 Å². The highest BCUT2D eigenvalue weighted by molar-refractivity contribution is 6.08. The molecule has 0 heterocycles. The van der Waals surface area contributed by atoms with E-state index in [9.17, 15) is 19.2 Å². The molecule has 3 aromatic carbocycles.